The molecule has 0 bridgehead atoms. The molecule has 2 aromatic rings. The third-order valence-corrected chi connectivity index (χ3v) is 6.30. The molecule has 0 radical (unpaired) electrons. The van der Waals surface area contributed by atoms with Gasteiger partial charge in [0.05, 0.1) is 6.20 Å². The van der Waals surface area contributed by atoms with E-state index in [0.717, 1.165) is 25.0 Å². The standard InChI is InChI=1S/C22H33N5/c1-25-15-21(14-24-25)18-26(17-20-5-4-10-23-13-20)16-19-8-11-27(12-9-19)22-6-2-3-7-22/h4-5,10,13-15,19,22H,2-3,6-9,11-12,16-18H2,1H3. The number of pyridine rings is 1. The zero-order valence-corrected chi connectivity index (χ0v) is 16.6. The van der Waals surface area contributed by atoms with Crippen LogP contribution in [0.1, 0.15) is 49.7 Å². The molecule has 1 aliphatic heterocycles. The van der Waals surface area contributed by atoms with Crippen LogP contribution in [0, 0.1) is 5.92 Å². The molecule has 146 valence electrons. The molecule has 5 nitrogen and oxygen atoms in total. The number of nitrogens with zero attached hydrogens (tertiary/aromatic N) is 5. The molecule has 0 unspecified atom stereocenters. The van der Waals surface area contributed by atoms with Crippen molar-refractivity contribution in [2.75, 3.05) is 19.6 Å². The first-order valence-electron chi connectivity index (χ1n) is 10.6. The van der Waals surface area contributed by atoms with E-state index in [9.17, 15) is 0 Å². The summed E-state index contributed by atoms with van der Waals surface area (Å²) in [6.45, 7) is 5.69. The topological polar surface area (TPSA) is 37.2 Å². The first kappa shape index (κ1) is 18.6. The Labute approximate surface area is 163 Å². The lowest BCUT2D eigenvalue weighted by Crippen LogP contribution is -2.42. The van der Waals surface area contributed by atoms with Crippen molar-refractivity contribution in [2.45, 2.75) is 57.7 Å². The van der Waals surface area contributed by atoms with E-state index in [2.05, 4.69) is 32.1 Å². The molecule has 2 aliphatic rings. The fourth-order valence-electron chi connectivity index (χ4n) is 4.88. The number of aromatic nitrogens is 3. The molecular weight excluding hydrogens is 334 g/mol. The van der Waals surface area contributed by atoms with Gasteiger partial charge >= 0.3 is 0 Å². The minimum atomic E-state index is 0.802. The molecule has 2 aromatic heterocycles. The summed E-state index contributed by atoms with van der Waals surface area (Å²) in [6.07, 6.45) is 16.4. The highest BCUT2D eigenvalue weighted by molar-refractivity contribution is 5.10. The molecule has 1 saturated heterocycles. The average Bonchev–Trinajstić information content (AvgIpc) is 3.35. The van der Waals surface area contributed by atoms with Gasteiger partial charge in [-0.05, 0) is 56.3 Å². The highest BCUT2D eigenvalue weighted by Crippen LogP contribution is 2.28. The maximum absolute atomic E-state index is 4.35. The smallest absolute Gasteiger partial charge is 0.0534 e. The summed E-state index contributed by atoms with van der Waals surface area (Å²) >= 11 is 0. The van der Waals surface area contributed by atoms with Gasteiger partial charge < -0.3 is 4.90 Å². The predicted octanol–water partition coefficient (Wildman–Crippen LogP) is 3.47. The lowest BCUT2D eigenvalue weighted by atomic mass is 9.94. The number of hydrogen-bond donors (Lipinski definition) is 0. The predicted molar refractivity (Wildman–Crippen MR) is 108 cm³/mol. The lowest BCUT2D eigenvalue weighted by Gasteiger charge is -2.37. The van der Waals surface area contributed by atoms with Gasteiger partial charge in [-0.3, -0.25) is 14.6 Å². The normalized spacial score (nSPS) is 19.9. The van der Waals surface area contributed by atoms with Crippen molar-refractivity contribution in [3.63, 3.8) is 0 Å². The Kier molecular flexibility index (Phi) is 6.20. The first-order valence-corrected chi connectivity index (χ1v) is 10.6. The van der Waals surface area contributed by atoms with E-state index >= 15 is 0 Å². The van der Waals surface area contributed by atoms with Gasteiger partial charge in [0, 0.05) is 56.9 Å². The summed E-state index contributed by atoms with van der Waals surface area (Å²) in [5, 5.41) is 4.35. The fraction of sp³-hybridized carbons (Fsp3) is 0.636. The molecular formula is C22H33N5. The molecule has 3 heterocycles. The van der Waals surface area contributed by atoms with Crippen molar-refractivity contribution in [3.8, 4) is 0 Å². The first-order chi connectivity index (χ1) is 13.3. The third kappa shape index (κ3) is 5.17. The minimum Gasteiger partial charge on any atom is -0.300 e. The zero-order chi connectivity index (χ0) is 18.5. The Morgan fingerprint density at radius 1 is 1.04 bits per heavy atom. The largest absolute Gasteiger partial charge is 0.300 e. The van der Waals surface area contributed by atoms with Crippen LogP contribution in [0.5, 0.6) is 0 Å². The van der Waals surface area contributed by atoms with Crippen LogP contribution in [0.2, 0.25) is 0 Å². The maximum atomic E-state index is 4.35. The van der Waals surface area contributed by atoms with E-state index in [-0.39, 0.29) is 0 Å². The van der Waals surface area contributed by atoms with Crippen LogP contribution in [0.15, 0.2) is 36.9 Å². The minimum absolute atomic E-state index is 0.802. The highest BCUT2D eigenvalue weighted by Gasteiger charge is 2.28. The van der Waals surface area contributed by atoms with E-state index in [1.54, 1.807) is 0 Å². The van der Waals surface area contributed by atoms with Crippen molar-refractivity contribution < 1.29 is 0 Å². The molecule has 27 heavy (non-hydrogen) atoms. The lowest BCUT2D eigenvalue weighted by molar-refractivity contribution is 0.107. The van der Waals surface area contributed by atoms with E-state index in [0.29, 0.717) is 0 Å². The second-order valence-corrected chi connectivity index (χ2v) is 8.47. The molecule has 0 N–H and O–H groups in total. The second-order valence-electron chi connectivity index (χ2n) is 8.47. The summed E-state index contributed by atoms with van der Waals surface area (Å²) in [4.78, 5) is 9.66. The van der Waals surface area contributed by atoms with Crippen LogP contribution >= 0.6 is 0 Å². The number of aryl methyl sites for hydroxylation is 1. The molecule has 2 fully saturated rings. The maximum Gasteiger partial charge on any atom is 0.0534 e. The molecule has 1 saturated carbocycles. The van der Waals surface area contributed by atoms with Gasteiger partial charge in [0.2, 0.25) is 0 Å². The van der Waals surface area contributed by atoms with Gasteiger partial charge in [0.25, 0.3) is 0 Å². The van der Waals surface area contributed by atoms with Crippen LogP contribution in [-0.2, 0) is 20.1 Å². The number of piperidine rings is 1. The monoisotopic (exact) mass is 367 g/mol. The van der Waals surface area contributed by atoms with Gasteiger partial charge in [0.1, 0.15) is 0 Å². The summed E-state index contributed by atoms with van der Waals surface area (Å²) in [5.74, 6) is 0.802. The van der Waals surface area contributed by atoms with E-state index < -0.39 is 0 Å². The van der Waals surface area contributed by atoms with Crippen LogP contribution < -0.4 is 0 Å². The van der Waals surface area contributed by atoms with Crippen molar-refractivity contribution in [2.24, 2.45) is 13.0 Å². The van der Waals surface area contributed by atoms with E-state index in [1.165, 1.54) is 69.3 Å². The highest BCUT2D eigenvalue weighted by atomic mass is 15.2. The van der Waals surface area contributed by atoms with Crippen LogP contribution in [0.4, 0.5) is 0 Å². The summed E-state index contributed by atoms with van der Waals surface area (Å²) in [7, 11) is 1.99. The quantitative estimate of drug-likeness (QED) is 0.751. The van der Waals surface area contributed by atoms with Gasteiger partial charge in [-0.1, -0.05) is 18.9 Å². The molecule has 0 amide bonds. The molecule has 4 rings (SSSR count). The molecule has 1 aliphatic carbocycles. The molecule has 0 spiro atoms. The molecule has 0 atom stereocenters. The Hall–Kier alpha value is -1.72. The van der Waals surface area contributed by atoms with Crippen LogP contribution in [0.3, 0.4) is 0 Å². The zero-order valence-electron chi connectivity index (χ0n) is 16.6. The average molecular weight is 368 g/mol. The second kappa shape index (κ2) is 8.98. The van der Waals surface area contributed by atoms with Gasteiger partial charge in [-0.15, -0.1) is 0 Å². The Morgan fingerprint density at radius 3 is 2.48 bits per heavy atom. The van der Waals surface area contributed by atoms with Crippen LogP contribution in [-0.4, -0.2) is 50.2 Å². The summed E-state index contributed by atoms with van der Waals surface area (Å²) in [6, 6.07) is 5.11. The van der Waals surface area contributed by atoms with E-state index in [1.807, 2.05) is 36.4 Å². The fourth-order valence-corrected chi connectivity index (χ4v) is 4.88. The summed E-state index contributed by atoms with van der Waals surface area (Å²) in [5.41, 5.74) is 2.59. The van der Waals surface area contributed by atoms with Crippen molar-refractivity contribution in [1.29, 1.82) is 0 Å². The Balaban J connectivity index is 1.35. The molecule has 0 aromatic carbocycles. The van der Waals surface area contributed by atoms with E-state index in [4.69, 9.17) is 0 Å². The third-order valence-electron chi connectivity index (χ3n) is 6.30. The van der Waals surface area contributed by atoms with Gasteiger partial charge in [-0.25, -0.2) is 0 Å². The van der Waals surface area contributed by atoms with Crippen LogP contribution in [0.25, 0.3) is 0 Å². The van der Waals surface area contributed by atoms with Crippen molar-refractivity contribution in [3.05, 3.63) is 48.0 Å². The number of rotatable bonds is 7. The van der Waals surface area contributed by atoms with Gasteiger partial charge in [-0.2, -0.15) is 5.10 Å². The Morgan fingerprint density at radius 2 is 1.81 bits per heavy atom. The number of hydrogen-bond acceptors (Lipinski definition) is 4. The summed E-state index contributed by atoms with van der Waals surface area (Å²) < 4.78 is 1.90. The molecule has 5 heteroatoms. The Bertz CT molecular complexity index is 684. The van der Waals surface area contributed by atoms with Crippen molar-refractivity contribution in [1.82, 2.24) is 24.6 Å². The van der Waals surface area contributed by atoms with Gasteiger partial charge in [0.15, 0.2) is 0 Å². The SMILES string of the molecule is Cn1cc(CN(Cc2cccnc2)CC2CCN(C3CCCC3)CC2)cn1. The van der Waals surface area contributed by atoms with Crippen molar-refractivity contribution >= 4 is 0 Å². The number of likely N-dealkylation sites (tertiary alicyclic amines) is 1.